The average Bonchev–Trinajstić information content (AvgIpc) is 2.31. The van der Waals surface area contributed by atoms with E-state index in [1.807, 2.05) is 38.1 Å². The third-order valence-electron chi connectivity index (χ3n) is 2.66. The molecule has 0 bridgehead atoms. The fraction of sp³-hybridized carbons (Fsp3) is 0.500. The maximum absolute atomic E-state index is 10.8. The number of aliphatic carboxylic acids is 1. The molecular weight excluding hydrogens is 230 g/mol. The lowest BCUT2D eigenvalue weighted by molar-refractivity contribution is -0.139. The Labute approximate surface area is 108 Å². The maximum Gasteiger partial charge on any atom is 0.320 e. The molecule has 0 heterocycles. The first kappa shape index (κ1) is 14.5. The predicted octanol–water partition coefficient (Wildman–Crippen LogP) is 2.08. The van der Waals surface area contributed by atoms with Crippen molar-refractivity contribution >= 4 is 5.97 Å². The van der Waals surface area contributed by atoms with Gasteiger partial charge in [-0.3, -0.25) is 4.79 Å². The van der Waals surface area contributed by atoms with Gasteiger partial charge in [-0.2, -0.15) is 0 Å². The van der Waals surface area contributed by atoms with Crippen molar-refractivity contribution in [2.75, 3.05) is 7.05 Å². The highest BCUT2D eigenvalue weighted by molar-refractivity contribution is 5.73. The van der Waals surface area contributed by atoms with E-state index in [-0.39, 0.29) is 6.10 Å². The minimum Gasteiger partial charge on any atom is -0.491 e. The zero-order valence-electron chi connectivity index (χ0n) is 11.1. The van der Waals surface area contributed by atoms with E-state index in [0.717, 1.165) is 17.7 Å². The normalized spacial score (nSPS) is 12.4. The van der Waals surface area contributed by atoms with Gasteiger partial charge in [0.2, 0.25) is 0 Å². The third-order valence-corrected chi connectivity index (χ3v) is 2.66. The Morgan fingerprint density at radius 1 is 1.33 bits per heavy atom. The molecule has 1 rings (SSSR count). The van der Waals surface area contributed by atoms with Crippen LogP contribution in [-0.4, -0.2) is 30.3 Å². The van der Waals surface area contributed by atoms with Crippen molar-refractivity contribution in [3.63, 3.8) is 0 Å². The molecule has 0 spiro atoms. The summed E-state index contributed by atoms with van der Waals surface area (Å²) in [6.45, 7) is 3.97. The SMILES string of the molecule is CN[C@H](CCc1ccc(OC(C)C)cc1)C(=O)O. The number of likely N-dealkylation sites (N-methyl/N-ethyl adjacent to an activating group) is 1. The van der Waals surface area contributed by atoms with Gasteiger partial charge in [0.05, 0.1) is 6.10 Å². The van der Waals surface area contributed by atoms with Crippen LogP contribution in [0.15, 0.2) is 24.3 Å². The molecular formula is C14H21NO3. The summed E-state index contributed by atoms with van der Waals surface area (Å²) in [4.78, 5) is 10.8. The van der Waals surface area contributed by atoms with Crippen LogP contribution < -0.4 is 10.1 Å². The van der Waals surface area contributed by atoms with Gasteiger partial charge in [0.25, 0.3) is 0 Å². The van der Waals surface area contributed by atoms with E-state index >= 15 is 0 Å². The van der Waals surface area contributed by atoms with Gasteiger partial charge in [-0.25, -0.2) is 0 Å². The lowest BCUT2D eigenvalue weighted by atomic mass is 10.1. The number of ether oxygens (including phenoxy) is 1. The molecule has 1 atom stereocenters. The van der Waals surface area contributed by atoms with E-state index < -0.39 is 12.0 Å². The lowest BCUT2D eigenvalue weighted by Crippen LogP contribution is -2.34. The Hall–Kier alpha value is -1.55. The first-order valence-corrected chi connectivity index (χ1v) is 6.18. The van der Waals surface area contributed by atoms with Crippen LogP contribution in [0.3, 0.4) is 0 Å². The van der Waals surface area contributed by atoms with Gasteiger partial charge in [0, 0.05) is 0 Å². The molecule has 0 aliphatic rings. The molecule has 4 heteroatoms. The molecule has 4 nitrogen and oxygen atoms in total. The lowest BCUT2D eigenvalue weighted by Gasteiger charge is -2.12. The molecule has 18 heavy (non-hydrogen) atoms. The predicted molar refractivity (Wildman–Crippen MR) is 71.0 cm³/mol. The van der Waals surface area contributed by atoms with Gasteiger partial charge < -0.3 is 15.2 Å². The number of rotatable bonds is 7. The second-order valence-corrected chi connectivity index (χ2v) is 4.53. The monoisotopic (exact) mass is 251 g/mol. The standard InChI is InChI=1S/C14H21NO3/c1-10(2)18-12-7-4-11(5-8-12)6-9-13(15-3)14(16)17/h4-5,7-8,10,13,15H,6,9H2,1-3H3,(H,16,17)/t13-/m1/s1. The van der Waals surface area contributed by atoms with Crippen LogP contribution in [0, 0.1) is 0 Å². The summed E-state index contributed by atoms with van der Waals surface area (Å²) in [5.41, 5.74) is 1.12. The summed E-state index contributed by atoms with van der Waals surface area (Å²) in [6, 6.07) is 7.31. The van der Waals surface area contributed by atoms with Crippen LogP contribution in [0.1, 0.15) is 25.8 Å². The molecule has 0 aliphatic heterocycles. The minimum absolute atomic E-state index is 0.163. The van der Waals surface area contributed by atoms with Gasteiger partial charge in [-0.15, -0.1) is 0 Å². The van der Waals surface area contributed by atoms with Crippen molar-refractivity contribution in [3.8, 4) is 5.75 Å². The van der Waals surface area contributed by atoms with Crippen molar-refractivity contribution in [2.45, 2.75) is 38.8 Å². The second-order valence-electron chi connectivity index (χ2n) is 4.53. The Morgan fingerprint density at radius 3 is 2.39 bits per heavy atom. The van der Waals surface area contributed by atoms with E-state index in [2.05, 4.69) is 5.32 Å². The van der Waals surface area contributed by atoms with Crippen molar-refractivity contribution in [1.82, 2.24) is 5.32 Å². The van der Waals surface area contributed by atoms with Gasteiger partial charge in [-0.05, 0) is 51.4 Å². The highest BCUT2D eigenvalue weighted by Gasteiger charge is 2.14. The first-order chi connectivity index (χ1) is 8.52. The van der Waals surface area contributed by atoms with E-state index in [0.29, 0.717) is 6.42 Å². The number of benzene rings is 1. The van der Waals surface area contributed by atoms with E-state index in [1.165, 1.54) is 0 Å². The van der Waals surface area contributed by atoms with Crippen molar-refractivity contribution < 1.29 is 14.6 Å². The fourth-order valence-corrected chi connectivity index (χ4v) is 1.71. The summed E-state index contributed by atoms with van der Waals surface area (Å²) in [6.07, 6.45) is 1.48. The molecule has 0 unspecified atom stereocenters. The molecule has 0 saturated carbocycles. The molecule has 1 aromatic rings. The van der Waals surface area contributed by atoms with Crippen LogP contribution >= 0.6 is 0 Å². The summed E-state index contributed by atoms with van der Waals surface area (Å²) >= 11 is 0. The zero-order chi connectivity index (χ0) is 13.5. The molecule has 0 radical (unpaired) electrons. The van der Waals surface area contributed by atoms with Crippen molar-refractivity contribution in [3.05, 3.63) is 29.8 Å². The van der Waals surface area contributed by atoms with Crippen LogP contribution in [0.5, 0.6) is 5.75 Å². The number of aryl methyl sites for hydroxylation is 1. The summed E-state index contributed by atoms with van der Waals surface area (Å²) in [5, 5.41) is 11.7. The van der Waals surface area contributed by atoms with E-state index in [1.54, 1.807) is 7.05 Å². The minimum atomic E-state index is -0.808. The molecule has 1 aromatic carbocycles. The molecule has 0 amide bonds. The number of hydrogen-bond acceptors (Lipinski definition) is 3. The highest BCUT2D eigenvalue weighted by Crippen LogP contribution is 2.15. The smallest absolute Gasteiger partial charge is 0.320 e. The second kappa shape index (κ2) is 7.01. The van der Waals surface area contributed by atoms with Crippen molar-refractivity contribution in [1.29, 1.82) is 0 Å². The van der Waals surface area contributed by atoms with Gasteiger partial charge in [-0.1, -0.05) is 12.1 Å². The molecule has 2 N–H and O–H groups in total. The number of carboxylic acids is 1. The summed E-state index contributed by atoms with van der Waals surface area (Å²) in [7, 11) is 1.67. The molecule has 0 fully saturated rings. The number of nitrogens with one attached hydrogen (secondary N) is 1. The van der Waals surface area contributed by atoms with Crippen LogP contribution in [0.2, 0.25) is 0 Å². The summed E-state index contributed by atoms with van der Waals surface area (Å²) in [5.74, 6) is 0.0365. The Kier molecular flexibility index (Phi) is 5.65. The van der Waals surface area contributed by atoms with E-state index in [4.69, 9.17) is 9.84 Å². The van der Waals surface area contributed by atoms with Crippen LogP contribution in [0.4, 0.5) is 0 Å². The largest absolute Gasteiger partial charge is 0.491 e. The van der Waals surface area contributed by atoms with E-state index in [9.17, 15) is 4.79 Å². The maximum atomic E-state index is 10.8. The molecule has 0 aliphatic carbocycles. The first-order valence-electron chi connectivity index (χ1n) is 6.18. The molecule has 0 aromatic heterocycles. The van der Waals surface area contributed by atoms with Gasteiger partial charge in [0.1, 0.15) is 11.8 Å². The number of hydrogen-bond donors (Lipinski definition) is 2. The summed E-state index contributed by atoms with van der Waals surface area (Å²) < 4.78 is 5.55. The molecule has 100 valence electrons. The highest BCUT2D eigenvalue weighted by atomic mass is 16.5. The fourth-order valence-electron chi connectivity index (χ4n) is 1.71. The number of carbonyl (C=O) groups is 1. The Balaban J connectivity index is 2.50. The quantitative estimate of drug-likeness (QED) is 0.779. The van der Waals surface area contributed by atoms with Gasteiger partial charge in [0.15, 0.2) is 0 Å². The van der Waals surface area contributed by atoms with Gasteiger partial charge >= 0.3 is 5.97 Å². The Morgan fingerprint density at radius 2 is 1.94 bits per heavy atom. The topological polar surface area (TPSA) is 58.6 Å². The third kappa shape index (κ3) is 4.75. The average molecular weight is 251 g/mol. The molecule has 0 saturated heterocycles. The zero-order valence-corrected chi connectivity index (χ0v) is 11.1. The number of carboxylic acid groups (broad SMARTS) is 1. The van der Waals surface area contributed by atoms with Crippen molar-refractivity contribution in [2.24, 2.45) is 0 Å². The Bertz CT molecular complexity index is 373. The van der Waals surface area contributed by atoms with Crippen LogP contribution in [0.25, 0.3) is 0 Å². The van der Waals surface area contributed by atoms with Crippen LogP contribution in [-0.2, 0) is 11.2 Å².